The van der Waals surface area contributed by atoms with Gasteiger partial charge in [0.05, 0.1) is 0 Å². The second-order valence-electron chi connectivity index (χ2n) is 14.1. The van der Waals surface area contributed by atoms with E-state index in [-0.39, 0.29) is 0 Å². The third kappa shape index (κ3) is 4.99. The molecule has 0 aliphatic carbocycles. The summed E-state index contributed by atoms with van der Waals surface area (Å²) in [4.78, 5) is 2.39. The summed E-state index contributed by atoms with van der Waals surface area (Å²) in [6.07, 6.45) is 0. The molecule has 2 heteroatoms. The van der Waals surface area contributed by atoms with Gasteiger partial charge in [0.1, 0.15) is 0 Å². The first-order valence-electron chi connectivity index (χ1n) is 18.5. The van der Waals surface area contributed by atoms with Crippen molar-refractivity contribution in [1.29, 1.82) is 0 Å². The van der Waals surface area contributed by atoms with Crippen molar-refractivity contribution >= 4 is 91.7 Å². The standard InChI is InChI=1S/C52H33NS/c1-3-13-42-34(10-1)12-9-18-43(42)35-20-25-39(26-21-35)53(41-29-31-45-38(32-41)24-30-49-48-17-7-8-19-51(48)54-52(45)49)40-27-22-36(23-28-40)50-33-37-11-2-4-14-44(37)46-15-5-6-16-47(46)50/h1-33H. The number of benzene rings is 10. The Hall–Kier alpha value is -6.74. The van der Waals surface area contributed by atoms with E-state index in [9.17, 15) is 0 Å². The van der Waals surface area contributed by atoms with Crippen LogP contribution in [0.3, 0.4) is 0 Å². The Labute approximate surface area is 317 Å². The van der Waals surface area contributed by atoms with Crippen LogP contribution in [0.2, 0.25) is 0 Å². The van der Waals surface area contributed by atoms with E-state index < -0.39 is 0 Å². The molecular formula is C52H33NS. The van der Waals surface area contributed by atoms with Crippen molar-refractivity contribution in [2.45, 2.75) is 0 Å². The summed E-state index contributed by atoms with van der Waals surface area (Å²) < 4.78 is 2.68. The Morgan fingerprint density at radius 1 is 0.296 bits per heavy atom. The lowest BCUT2D eigenvalue weighted by Crippen LogP contribution is -2.09. The van der Waals surface area contributed by atoms with Gasteiger partial charge in [0, 0.05) is 37.2 Å². The highest BCUT2D eigenvalue weighted by Crippen LogP contribution is 2.43. The maximum absolute atomic E-state index is 2.39. The van der Waals surface area contributed by atoms with Crippen LogP contribution in [0, 0.1) is 0 Å². The van der Waals surface area contributed by atoms with Gasteiger partial charge in [-0.15, -0.1) is 11.3 Å². The van der Waals surface area contributed by atoms with Gasteiger partial charge in [-0.05, 0) is 114 Å². The predicted octanol–water partition coefficient (Wildman–Crippen LogP) is 15.5. The van der Waals surface area contributed by atoms with Gasteiger partial charge in [-0.3, -0.25) is 0 Å². The molecule has 0 N–H and O–H groups in total. The van der Waals surface area contributed by atoms with Crippen LogP contribution in [0.5, 0.6) is 0 Å². The molecule has 0 radical (unpaired) electrons. The Kier molecular flexibility index (Phi) is 7.11. The van der Waals surface area contributed by atoms with Gasteiger partial charge in [-0.25, -0.2) is 0 Å². The van der Waals surface area contributed by atoms with Crippen LogP contribution >= 0.6 is 11.3 Å². The minimum Gasteiger partial charge on any atom is -0.310 e. The Morgan fingerprint density at radius 2 is 0.852 bits per heavy atom. The van der Waals surface area contributed by atoms with Crippen LogP contribution in [-0.4, -0.2) is 0 Å². The highest BCUT2D eigenvalue weighted by atomic mass is 32.1. The maximum Gasteiger partial charge on any atom is 0.0468 e. The molecule has 10 aromatic carbocycles. The van der Waals surface area contributed by atoms with Crippen molar-refractivity contribution in [3.63, 3.8) is 0 Å². The maximum atomic E-state index is 2.39. The zero-order valence-electron chi connectivity index (χ0n) is 29.4. The number of rotatable bonds is 5. The van der Waals surface area contributed by atoms with Crippen molar-refractivity contribution in [1.82, 2.24) is 0 Å². The van der Waals surface area contributed by atoms with Gasteiger partial charge in [0.2, 0.25) is 0 Å². The number of anilines is 3. The number of thiophene rings is 1. The lowest BCUT2D eigenvalue weighted by Gasteiger charge is -2.26. The zero-order valence-corrected chi connectivity index (χ0v) is 30.2. The fraction of sp³-hybridized carbons (Fsp3) is 0. The molecule has 0 fully saturated rings. The second kappa shape index (κ2) is 12.4. The molecule has 0 bridgehead atoms. The van der Waals surface area contributed by atoms with E-state index in [1.165, 1.54) is 85.5 Å². The molecule has 0 amide bonds. The van der Waals surface area contributed by atoms with Crippen molar-refractivity contribution in [3.05, 3.63) is 200 Å². The Bertz CT molecular complexity index is 3200. The molecule has 0 spiro atoms. The van der Waals surface area contributed by atoms with E-state index >= 15 is 0 Å². The average molecular weight is 704 g/mol. The lowest BCUT2D eigenvalue weighted by molar-refractivity contribution is 1.29. The monoisotopic (exact) mass is 703 g/mol. The molecule has 0 unspecified atom stereocenters. The number of hydrogen-bond donors (Lipinski definition) is 0. The molecule has 11 rings (SSSR count). The smallest absolute Gasteiger partial charge is 0.0468 e. The van der Waals surface area contributed by atoms with Crippen LogP contribution in [-0.2, 0) is 0 Å². The first kappa shape index (κ1) is 30.8. The lowest BCUT2D eigenvalue weighted by atomic mass is 9.93. The SMILES string of the molecule is c1ccc2c(-c3ccc(N(c4ccc(-c5cc6ccccc6c6ccccc56)cc4)c4ccc5c(ccc6c7ccccc7sc56)c4)cc3)cccc2c1. The van der Waals surface area contributed by atoms with E-state index in [0.717, 1.165) is 17.1 Å². The number of hydrogen-bond acceptors (Lipinski definition) is 2. The average Bonchev–Trinajstić information content (AvgIpc) is 3.63. The van der Waals surface area contributed by atoms with Crippen molar-refractivity contribution in [2.24, 2.45) is 0 Å². The minimum atomic E-state index is 1.11. The van der Waals surface area contributed by atoms with Crippen LogP contribution in [0.4, 0.5) is 17.1 Å². The molecule has 1 heterocycles. The van der Waals surface area contributed by atoms with Crippen molar-refractivity contribution in [3.8, 4) is 22.3 Å². The summed E-state index contributed by atoms with van der Waals surface area (Å²) in [7, 11) is 0. The zero-order chi connectivity index (χ0) is 35.6. The highest BCUT2D eigenvalue weighted by molar-refractivity contribution is 7.26. The summed E-state index contributed by atoms with van der Waals surface area (Å²) >= 11 is 1.89. The molecule has 1 aromatic heterocycles. The summed E-state index contributed by atoms with van der Waals surface area (Å²) in [5.41, 5.74) is 8.27. The van der Waals surface area contributed by atoms with Gasteiger partial charge in [0.15, 0.2) is 0 Å². The molecule has 0 atom stereocenters. The number of fused-ring (bicyclic) bond motifs is 9. The van der Waals surface area contributed by atoms with Gasteiger partial charge in [-0.1, -0.05) is 152 Å². The predicted molar refractivity (Wildman–Crippen MR) is 235 cm³/mol. The second-order valence-corrected chi connectivity index (χ2v) is 15.1. The van der Waals surface area contributed by atoms with Crippen LogP contribution in [0.25, 0.3) is 85.5 Å². The molecule has 0 aliphatic rings. The van der Waals surface area contributed by atoms with Crippen molar-refractivity contribution < 1.29 is 0 Å². The van der Waals surface area contributed by atoms with E-state index in [2.05, 4.69) is 205 Å². The van der Waals surface area contributed by atoms with Gasteiger partial charge in [-0.2, -0.15) is 0 Å². The third-order valence-electron chi connectivity index (χ3n) is 11.0. The quantitative estimate of drug-likeness (QED) is 0.161. The van der Waals surface area contributed by atoms with Gasteiger partial charge in [0.25, 0.3) is 0 Å². The molecule has 252 valence electrons. The van der Waals surface area contributed by atoms with Crippen LogP contribution < -0.4 is 4.90 Å². The summed E-state index contributed by atoms with van der Waals surface area (Å²) in [5, 5.41) is 12.8. The third-order valence-corrected chi connectivity index (χ3v) is 12.3. The van der Waals surface area contributed by atoms with Crippen LogP contribution in [0.1, 0.15) is 0 Å². The highest BCUT2D eigenvalue weighted by Gasteiger charge is 2.17. The molecule has 0 saturated carbocycles. The first-order valence-corrected chi connectivity index (χ1v) is 19.3. The fourth-order valence-electron chi connectivity index (χ4n) is 8.44. The van der Waals surface area contributed by atoms with E-state index in [1.807, 2.05) is 11.3 Å². The van der Waals surface area contributed by atoms with E-state index in [0.29, 0.717) is 0 Å². The van der Waals surface area contributed by atoms with E-state index in [1.54, 1.807) is 0 Å². The fourth-order valence-corrected chi connectivity index (χ4v) is 9.67. The Morgan fingerprint density at radius 3 is 1.63 bits per heavy atom. The first-order chi connectivity index (χ1) is 26.8. The molecule has 0 aliphatic heterocycles. The largest absolute Gasteiger partial charge is 0.310 e. The Balaban J connectivity index is 1.05. The summed E-state index contributed by atoms with van der Waals surface area (Å²) in [6.45, 7) is 0. The van der Waals surface area contributed by atoms with Crippen molar-refractivity contribution in [2.75, 3.05) is 4.90 Å². The molecular weight excluding hydrogens is 671 g/mol. The molecule has 11 aromatic rings. The van der Waals surface area contributed by atoms with Crippen LogP contribution in [0.15, 0.2) is 200 Å². The summed E-state index contributed by atoms with van der Waals surface area (Å²) in [5.74, 6) is 0. The van der Waals surface area contributed by atoms with E-state index in [4.69, 9.17) is 0 Å². The van der Waals surface area contributed by atoms with Gasteiger partial charge < -0.3 is 4.90 Å². The summed E-state index contributed by atoms with van der Waals surface area (Å²) in [6, 6.07) is 73.5. The van der Waals surface area contributed by atoms with Gasteiger partial charge >= 0.3 is 0 Å². The number of nitrogens with zero attached hydrogens (tertiary/aromatic N) is 1. The topological polar surface area (TPSA) is 3.24 Å². The molecule has 0 saturated heterocycles. The molecule has 54 heavy (non-hydrogen) atoms. The molecule has 1 nitrogen and oxygen atoms in total. The minimum absolute atomic E-state index is 1.11. The normalized spacial score (nSPS) is 11.7.